The minimum atomic E-state index is -4.55. The average molecular weight is 394 g/mol. The summed E-state index contributed by atoms with van der Waals surface area (Å²) in [6, 6.07) is 3.50. The zero-order valence-corrected chi connectivity index (χ0v) is 13.1. The van der Waals surface area contributed by atoms with Crippen LogP contribution >= 0.6 is 39.1 Å². The first-order chi connectivity index (χ1) is 9.32. The van der Waals surface area contributed by atoms with E-state index in [4.69, 9.17) is 32.7 Å². The van der Waals surface area contributed by atoms with Crippen LogP contribution in [0.15, 0.2) is 18.2 Å². The highest BCUT2D eigenvalue weighted by Gasteiger charge is 2.47. The lowest BCUT2D eigenvalue weighted by atomic mass is 10.00. The van der Waals surface area contributed by atoms with Crippen molar-refractivity contribution in [2.45, 2.75) is 18.1 Å². The van der Waals surface area contributed by atoms with Crippen LogP contribution in [0.2, 0.25) is 5.02 Å². The minimum absolute atomic E-state index is 0.00214. The number of benzene rings is 1. The molecule has 0 unspecified atom stereocenters. The molecular formula is C12H10BrCl2F3O2. The molecule has 1 aliphatic heterocycles. The van der Waals surface area contributed by atoms with Crippen molar-refractivity contribution in [3.05, 3.63) is 34.3 Å². The Bertz CT molecular complexity index is 498. The van der Waals surface area contributed by atoms with Crippen LogP contribution in [-0.4, -0.2) is 23.9 Å². The summed E-state index contributed by atoms with van der Waals surface area (Å²) in [7, 11) is 0. The average Bonchev–Trinajstić information content (AvgIpc) is 2.82. The largest absolute Gasteiger partial charge is 0.416 e. The van der Waals surface area contributed by atoms with E-state index in [-0.39, 0.29) is 28.4 Å². The Morgan fingerprint density at radius 2 is 2.10 bits per heavy atom. The van der Waals surface area contributed by atoms with Gasteiger partial charge in [0.25, 0.3) is 0 Å². The summed E-state index contributed by atoms with van der Waals surface area (Å²) in [4.78, 5) is 0. The van der Waals surface area contributed by atoms with Crippen molar-refractivity contribution in [2.75, 3.05) is 17.8 Å². The monoisotopic (exact) mass is 392 g/mol. The predicted octanol–water partition coefficient (Wildman–Crippen LogP) is 4.56. The van der Waals surface area contributed by atoms with Crippen LogP contribution in [0.3, 0.4) is 0 Å². The first-order valence-electron chi connectivity index (χ1n) is 5.63. The van der Waals surface area contributed by atoms with Gasteiger partial charge in [0.2, 0.25) is 5.79 Å². The minimum Gasteiger partial charge on any atom is -0.342 e. The Morgan fingerprint density at radius 1 is 1.40 bits per heavy atom. The van der Waals surface area contributed by atoms with Gasteiger partial charge in [0.15, 0.2) is 0 Å². The lowest BCUT2D eigenvalue weighted by molar-refractivity contribution is -0.169. The normalized spacial score (nSPS) is 27.0. The van der Waals surface area contributed by atoms with E-state index < -0.39 is 23.6 Å². The van der Waals surface area contributed by atoms with Gasteiger partial charge in [-0.25, -0.2) is 0 Å². The molecule has 1 saturated heterocycles. The van der Waals surface area contributed by atoms with E-state index in [2.05, 4.69) is 15.9 Å². The molecule has 0 amide bonds. The lowest BCUT2D eigenvalue weighted by Crippen LogP contribution is -2.33. The quantitative estimate of drug-likeness (QED) is 0.701. The van der Waals surface area contributed by atoms with Gasteiger partial charge in [0, 0.05) is 10.6 Å². The van der Waals surface area contributed by atoms with Crippen LogP contribution in [0.1, 0.15) is 11.1 Å². The second-order valence-electron chi connectivity index (χ2n) is 4.28. The molecule has 0 bridgehead atoms. The Labute approximate surface area is 132 Å². The third kappa shape index (κ3) is 3.09. The molecular weight excluding hydrogens is 384 g/mol. The van der Waals surface area contributed by atoms with E-state index >= 15 is 0 Å². The second-order valence-corrected chi connectivity index (χ2v) is 5.59. The van der Waals surface area contributed by atoms with Crippen molar-refractivity contribution in [2.24, 2.45) is 0 Å². The fraction of sp³-hybridized carbons (Fsp3) is 0.500. The van der Waals surface area contributed by atoms with E-state index in [1.807, 2.05) is 0 Å². The van der Waals surface area contributed by atoms with Crippen molar-refractivity contribution in [3.8, 4) is 0 Å². The summed E-state index contributed by atoms with van der Waals surface area (Å²) in [5, 5.41) is 0.0515. The fourth-order valence-electron chi connectivity index (χ4n) is 2.01. The van der Waals surface area contributed by atoms with Crippen molar-refractivity contribution in [1.82, 2.24) is 0 Å². The van der Waals surface area contributed by atoms with E-state index in [0.29, 0.717) is 0 Å². The van der Waals surface area contributed by atoms with Crippen molar-refractivity contribution >= 4 is 39.1 Å². The number of rotatable bonds is 3. The molecule has 20 heavy (non-hydrogen) atoms. The van der Waals surface area contributed by atoms with E-state index in [1.165, 1.54) is 12.1 Å². The van der Waals surface area contributed by atoms with Gasteiger partial charge in [-0.05, 0) is 12.1 Å². The van der Waals surface area contributed by atoms with Crippen LogP contribution in [0, 0.1) is 0 Å². The topological polar surface area (TPSA) is 18.5 Å². The summed E-state index contributed by atoms with van der Waals surface area (Å²) in [5.74, 6) is -1.36. The standard InChI is InChI=1S/C12H10BrCl2F3O2/c13-6-11(19-5-8(4-14)20-11)9-2-1-7(15)3-10(9)12(16,17)18/h1-3,8H,4-6H2/t8-,11+/m1/s1. The van der Waals surface area contributed by atoms with Crippen LogP contribution < -0.4 is 0 Å². The Balaban J connectivity index is 2.51. The third-order valence-corrected chi connectivity index (χ3v) is 4.22. The van der Waals surface area contributed by atoms with Gasteiger partial charge in [0.05, 0.1) is 29.5 Å². The summed E-state index contributed by atoms with van der Waals surface area (Å²) < 4.78 is 50.5. The van der Waals surface area contributed by atoms with Crippen molar-refractivity contribution < 1.29 is 22.6 Å². The lowest BCUT2D eigenvalue weighted by Gasteiger charge is -2.29. The first-order valence-corrected chi connectivity index (χ1v) is 7.67. The van der Waals surface area contributed by atoms with Crippen LogP contribution in [0.4, 0.5) is 13.2 Å². The van der Waals surface area contributed by atoms with Gasteiger partial charge in [0.1, 0.15) is 0 Å². The van der Waals surface area contributed by atoms with Gasteiger partial charge in [-0.3, -0.25) is 0 Å². The molecule has 1 aliphatic rings. The molecule has 112 valence electrons. The van der Waals surface area contributed by atoms with Gasteiger partial charge < -0.3 is 9.47 Å². The van der Waals surface area contributed by atoms with E-state index in [9.17, 15) is 13.2 Å². The van der Waals surface area contributed by atoms with Crippen LogP contribution in [0.25, 0.3) is 0 Å². The van der Waals surface area contributed by atoms with Crippen molar-refractivity contribution in [1.29, 1.82) is 0 Å². The molecule has 2 rings (SSSR count). The third-order valence-electron chi connectivity index (χ3n) is 2.90. The van der Waals surface area contributed by atoms with Gasteiger partial charge in [-0.15, -0.1) is 11.6 Å². The summed E-state index contributed by atoms with van der Waals surface area (Å²) >= 11 is 14.5. The summed E-state index contributed by atoms with van der Waals surface area (Å²) in [6.45, 7) is 0.134. The number of alkyl halides is 5. The molecule has 0 aromatic heterocycles. The fourth-order valence-corrected chi connectivity index (χ4v) is 2.93. The Hall–Kier alpha value is -0.0100. The van der Waals surface area contributed by atoms with Gasteiger partial charge in [-0.2, -0.15) is 13.2 Å². The van der Waals surface area contributed by atoms with Crippen LogP contribution in [-0.2, 0) is 21.4 Å². The Morgan fingerprint density at radius 3 is 2.60 bits per heavy atom. The van der Waals surface area contributed by atoms with E-state index in [1.54, 1.807) is 0 Å². The smallest absolute Gasteiger partial charge is 0.342 e. The summed E-state index contributed by atoms with van der Waals surface area (Å²) in [5.41, 5.74) is -0.987. The maximum atomic E-state index is 13.2. The molecule has 0 radical (unpaired) electrons. The first kappa shape index (κ1) is 16.4. The number of hydrogen-bond donors (Lipinski definition) is 0. The maximum Gasteiger partial charge on any atom is 0.416 e. The van der Waals surface area contributed by atoms with Crippen LogP contribution in [0.5, 0.6) is 0 Å². The maximum absolute atomic E-state index is 13.2. The predicted molar refractivity (Wildman–Crippen MR) is 73.5 cm³/mol. The molecule has 2 atom stereocenters. The molecule has 1 aromatic rings. The summed E-state index contributed by atoms with van der Waals surface area (Å²) in [6.07, 6.45) is -5.01. The van der Waals surface area contributed by atoms with Gasteiger partial charge >= 0.3 is 6.18 Å². The second kappa shape index (κ2) is 6.01. The van der Waals surface area contributed by atoms with Crippen molar-refractivity contribution in [3.63, 3.8) is 0 Å². The molecule has 0 spiro atoms. The zero-order chi connectivity index (χ0) is 15.0. The highest BCUT2D eigenvalue weighted by Crippen LogP contribution is 2.43. The molecule has 1 heterocycles. The molecule has 2 nitrogen and oxygen atoms in total. The highest BCUT2D eigenvalue weighted by molar-refractivity contribution is 9.09. The molecule has 1 aromatic carbocycles. The molecule has 8 heteroatoms. The zero-order valence-electron chi connectivity index (χ0n) is 10.0. The SMILES string of the molecule is FC(F)(F)c1cc(Cl)ccc1[C@@]1(CBr)OC[C@@H](CCl)O1. The Kier molecular flexibility index (Phi) is 4.91. The molecule has 1 fully saturated rings. The molecule has 0 aliphatic carbocycles. The molecule has 0 N–H and O–H groups in total. The van der Waals surface area contributed by atoms with Gasteiger partial charge in [-0.1, -0.05) is 33.6 Å². The molecule has 0 saturated carbocycles. The number of ether oxygens (including phenoxy) is 2. The number of halogens is 6. The highest BCUT2D eigenvalue weighted by atomic mass is 79.9. The number of hydrogen-bond acceptors (Lipinski definition) is 2. The van der Waals surface area contributed by atoms with E-state index in [0.717, 1.165) is 6.07 Å².